The minimum atomic E-state index is -1.63. The first-order valence-electron chi connectivity index (χ1n) is 10.6. The molecule has 0 spiro atoms. The predicted molar refractivity (Wildman–Crippen MR) is 118 cm³/mol. The summed E-state index contributed by atoms with van der Waals surface area (Å²) in [7, 11) is 0. The van der Waals surface area contributed by atoms with Crippen LogP contribution in [0.3, 0.4) is 0 Å². The first-order valence-corrected chi connectivity index (χ1v) is 11.0. The van der Waals surface area contributed by atoms with Crippen molar-refractivity contribution < 1.29 is 33.2 Å². The number of nitrogens with zero attached hydrogens (tertiary/aromatic N) is 6. The molecule has 14 heteroatoms. The first-order chi connectivity index (χ1) is 17.3. The monoisotopic (exact) mass is 522 g/mol. The Morgan fingerprint density at radius 3 is 2.44 bits per heavy atom. The molecule has 0 bridgehead atoms. The molecule has 1 saturated heterocycles. The van der Waals surface area contributed by atoms with Gasteiger partial charge in [0.05, 0.1) is 24.7 Å². The van der Waals surface area contributed by atoms with E-state index in [-0.39, 0.29) is 11.3 Å². The number of benzene rings is 2. The molecule has 10 nitrogen and oxygen atoms in total. The molecule has 3 N–H and O–H groups in total. The number of hydrogen-bond acceptors (Lipinski definition) is 8. The van der Waals surface area contributed by atoms with Gasteiger partial charge in [0.1, 0.15) is 30.0 Å². The number of halogens is 4. The molecule has 1 unspecified atom stereocenters. The van der Waals surface area contributed by atoms with Gasteiger partial charge in [-0.2, -0.15) is 0 Å². The summed E-state index contributed by atoms with van der Waals surface area (Å²) < 4.78 is 48.9. The van der Waals surface area contributed by atoms with E-state index in [1.807, 2.05) is 0 Å². The molecular weight excluding hydrogens is 505 g/mol. The molecule has 1 fully saturated rings. The number of aliphatic hydroxyl groups is 3. The Labute approximate surface area is 206 Å². The average molecular weight is 523 g/mol. The second kappa shape index (κ2) is 9.59. The van der Waals surface area contributed by atoms with Crippen molar-refractivity contribution >= 4 is 11.6 Å². The van der Waals surface area contributed by atoms with E-state index in [0.717, 1.165) is 16.8 Å². The Hall–Kier alpha value is -3.36. The number of aromatic nitrogens is 6. The summed E-state index contributed by atoms with van der Waals surface area (Å²) in [4.78, 5) is 0. The van der Waals surface area contributed by atoms with Gasteiger partial charge in [-0.3, -0.25) is 0 Å². The van der Waals surface area contributed by atoms with E-state index in [1.165, 1.54) is 17.1 Å². The second-order valence-electron chi connectivity index (χ2n) is 8.13. The van der Waals surface area contributed by atoms with Crippen molar-refractivity contribution in [3.8, 4) is 22.5 Å². The number of rotatable bonds is 5. The predicted octanol–water partition coefficient (Wildman–Crippen LogP) is 2.13. The lowest BCUT2D eigenvalue weighted by molar-refractivity contribution is -0.233. The summed E-state index contributed by atoms with van der Waals surface area (Å²) >= 11 is 6.09. The minimum Gasteiger partial charge on any atom is -0.394 e. The summed E-state index contributed by atoms with van der Waals surface area (Å²) in [5.41, 5.74) is 0.902. The highest BCUT2D eigenvalue weighted by Gasteiger charge is 2.47. The fourth-order valence-corrected chi connectivity index (χ4v) is 4.33. The molecule has 5 rings (SSSR count). The van der Waals surface area contributed by atoms with Crippen molar-refractivity contribution in [1.82, 2.24) is 30.0 Å². The van der Waals surface area contributed by atoms with Gasteiger partial charge in [0.15, 0.2) is 23.7 Å². The van der Waals surface area contributed by atoms with Crippen LogP contribution >= 0.6 is 11.6 Å². The molecule has 36 heavy (non-hydrogen) atoms. The smallest absolute Gasteiger partial charge is 0.194 e. The van der Waals surface area contributed by atoms with Gasteiger partial charge >= 0.3 is 0 Å². The lowest BCUT2D eigenvalue weighted by atomic mass is 9.95. The van der Waals surface area contributed by atoms with Crippen molar-refractivity contribution in [2.75, 3.05) is 6.61 Å². The summed E-state index contributed by atoms with van der Waals surface area (Å²) in [6.45, 7) is -0.613. The van der Waals surface area contributed by atoms with Crippen LogP contribution in [0, 0.1) is 17.5 Å². The SMILES string of the molecule is OC[C@H]1O[C@H](n2nncc2-c2cccc(Cl)c2)[C@H](O)[C@@H](n2cc(-c3cc(F)c(F)c(F)c3)nn2)C1O. The number of ether oxygens (including phenoxy) is 1. The van der Waals surface area contributed by atoms with Crippen LogP contribution in [-0.2, 0) is 4.74 Å². The number of hydrogen-bond donors (Lipinski definition) is 3. The van der Waals surface area contributed by atoms with Gasteiger partial charge < -0.3 is 20.1 Å². The summed E-state index contributed by atoms with van der Waals surface area (Å²) in [5.74, 6) is -4.45. The second-order valence-corrected chi connectivity index (χ2v) is 8.57. The zero-order valence-corrected chi connectivity index (χ0v) is 18.9. The van der Waals surface area contributed by atoms with Crippen LogP contribution in [0.2, 0.25) is 5.02 Å². The summed E-state index contributed by atoms with van der Waals surface area (Å²) in [6, 6.07) is 7.07. The molecular formula is C22H18ClF3N6O4. The summed E-state index contributed by atoms with van der Waals surface area (Å²) in [5, 5.41) is 48.0. The Kier molecular flexibility index (Phi) is 6.49. The highest BCUT2D eigenvalue weighted by Crippen LogP contribution is 2.37. The van der Waals surface area contributed by atoms with Gasteiger partial charge in [-0.1, -0.05) is 34.2 Å². The minimum absolute atomic E-state index is 0.0452. The van der Waals surface area contributed by atoms with Gasteiger partial charge in [0, 0.05) is 16.1 Å². The zero-order chi connectivity index (χ0) is 25.6. The van der Waals surface area contributed by atoms with E-state index in [9.17, 15) is 28.5 Å². The fraction of sp³-hybridized carbons (Fsp3) is 0.273. The topological polar surface area (TPSA) is 131 Å². The normalized spacial score (nSPS) is 24.2. The van der Waals surface area contributed by atoms with Gasteiger partial charge in [-0.25, -0.2) is 22.5 Å². The Bertz CT molecular complexity index is 1380. The maximum absolute atomic E-state index is 13.7. The van der Waals surface area contributed by atoms with Crippen molar-refractivity contribution in [3.05, 3.63) is 71.3 Å². The molecule has 4 aromatic rings. The molecule has 0 saturated carbocycles. The van der Waals surface area contributed by atoms with Crippen molar-refractivity contribution in [3.63, 3.8) is 0 Å². The van der Waals surface area contributed by atoms with Crippen molar-refractivity contribution in [1.29, 1.82) is 0 Å². The molecule has 1 aliphatic heterocycles. The number of aliphatic hydroxyl groups excluding tert-OH is 3. The molecule has 5 atom stereocenters. The largest absolute Gasteiger partial charge is 0.394 e. The van der Waals surface area contributed by atoms with Crippen LogP contribution in [0.25, 0.3) is 22.5 Å². The van der Waals surface area contributed by atoms with Crippen LogP contribution in [0.4, 0.5) is 13.2 Å². The fourth-order valence-electron chi connectivity index (χ4n) is 4.14. The highest BCUT2D eigenvalue weighted by molar-refractivity contribution is 6.30. The Balaban J connectivity index is 1.52. The third-order valence-electron chi connectivity index (χ3n) is 5.90. The molecule has 2 aromatic heterocycles. The average Bonchev–Trinajstić information content (AvgIpc) is 3.53. The van der Waals surface area contributed by atoms with Crippen LogP contribution in [0.1, 0.15) is 12.3 Å². The van der Waals surface area contributed by atoms with Crippen LogP contribution in [-0.4, -0.2) is 70.2 Å². The van der Waals surface area contributed by atoms with Gasteiger partial charge in [0.2, 0.25) is 0 Å². The third-order valence-corrected chi connectivity index (χ3v) is 6.13. The Morgan fingerprint density at radius 2 is 1.75 bits per heavy atom. The standard InChI is InChI=1S/C22H18ClF3N6O4/c23-12-3-1-2-10(4-12)16-7-27-29-32(16)22-21(35)19(20(34)17(9-33)36-22)31-8-15(28-30-31)11-5-13(24)18(26)14(25)6-11/h1-8,17,19-22,33-35H,9H2/t17-,19+,20?,21-,22+/m1/s1. The quantitative estimate of drug-likeness (QED) is 0.340. The van der Waals surface area contributed by atoms with Gasteiger partial charge in [0.25, 0.3) is 0 Å². The maximum atomic E-state index is 13.7. The van der Waals surface area contributed by atoms with Crippen LogP contribution in [0.5, 0.6) is 0 Å². The molecule has 0 amide bonds. The van der Waals surface area contributed by atoms with Gasteiger partial charge in [-0.15, -0.1) is 10.2 Å². The van der Waals surface area contributed by atoms with Gasteiger partial charge in [-0.05, 0) is 24.3 Å². The lowest BCUT2D eigenvalue weighted by Gasteiger charge is -2.42. The van der Waals surface area contributed by atoms with E-state index in [0.29, 0.717) is 16.3 Å². The molecule has 188 valence electrons. The third kappa shape index (κ3) is 4.24. The van der Waals surface area contributed by atoms with Crippen molar-refractivity contribution in [2.24, 2.45) is 0 Å². The van der Waals surface area contributed by atoms with E-state index < -0.39 is 54.6 Å². The maximum Gasteiger partial charge on any atom is 0.194 e. The zero-order valence-electron chi connectivity index (χ0n) is 18.2. The van der Waals surface area contributed by atoms with Crippen molar-refractivity contribution in [2.45, 2.75) is 30.6 Å². The van der Waals surface area contributed by atoms with E-state index in [4.69, 9.17) is 16.3 Å². The molecule has 2 aromatic carbocycles. The van der Waals surface area contributed by atoms with Crippen LogP contribution < -0.4 is 0 Å². The highest BCUT2D eigenvalue weighted by atomic mass is 35.5. The molecule has 1 aliphatic rings. The Morgan fingerprint density at radius 1 is 1.00 bits per heavy atom. The summed E-state index contributed by atoms with van der Waals surface area (Å²) in [6.07, 6.45) is -2.72. The van der Waals surface area contributed by atoms with E-state index in [1.54, 1.807) is 24.3 Å². The molecule has 0 radical (unpaired) electrons. The van der Waals surface area contributed by atoms with Crippen LogP contribution in [0.15, 0.2) is 48.8 Å². The first kappa shape index (κ1) is 24.3. The molecule has 0 aliphatic carbocycles. The van der Waals surface area contributed by atoms with E-state index in [2.05, 4.69) is 20.6 Å². The van der Waals surface area contributed by atoms with E-state index >= 15 is 0 Å². The lowest BCUT2D eigenvalue weighted by Crippen LogP contribution is -2.54. The molecule has 3 heterocycles.